The zero-order valence-corrected chi connectivity index (χ0v) is 13.4. The maximum absolute atomic E-state index is 12.7. The third-order valence-corrected chi connectivity index (χ3v) is 4.69. The van der Waals surface area contributed by atoms with E-state index < -0.39 is 22.3 Å². The van der Waals surface area contributed by atoms with Gasteiger partial charge in [-0.15, -0.1) is 0 Å². The van der Waals surface area contributed by atoms with Gasteiger partial charge in [-0.05, 0) is 18.9 Å². The lowest BCUT2D eigenvalue weighted by atomic mass is 9.90. The zero-order valence-electron chi connectivity index (χ0n) is 13.4. The fraction of sp³-hybridized carbons (Fsp3) is 0.438. The average Bonchev–Trinajstić information content (AvgIpc) is 2.85. The van der Waals surface area contributed by atoms with E-state index >= 15 is 0 Å². The summed E-state index contributed by atoms with van der Waals surface area (Å²) >= 11 is 0. The summed E-state index contributed by atoms with van der Waals surface area (Å²) in [5, 5.41) is 30.1. The van der Waals surface area contributed by atoms with Crippen LogP contribution in [0.4, 0.5) is 5.69 Å². The van der Waals surface area contributed by atoms with Crippen LogP contribution in [0.1, 0.15) is 49.0 Å². The van der Waals surface area contributed by atoms with Crippen molar-refractivity contribution in [2.45, 2.75) is 44.1 Å². The third-order valence-electron chi connectivity index (χ3n) is 4.69. The number of nitrogens with one attached hydrogen (secondary N) is 2. The van der Waals surface area contributed by atoms with Gasteiger partial charge in [-0.25, -0.2) is 4.79 Å². The molecule has 9 nitrogen and oxygen atoms in total. The maximum atomic E-state index is 12.7. The summed E-state index contributed by atoms with van der Waals surface area (Å²) in [7, 11) is 0. The van der Waals surface area contributed by atoms with Gasteiger partial charge in [0, 0.05) is 17.5 Å². The van der Waals surface area contributed by atoms with Crippen molar-refractivity contribution in [3.05, 3.63) is 34.0 Å². The molecule has 1 aliphatic carbocycles. The first-order chi connectivity index (χ1) is 11.9. The topological polar surface area (TPSA) is 138 Å². The molecule has 1 heterocycles. The van der Waals surface area contributed by atoms with Gasteiger partial charge in [0.25, 0.3) is 11.6 Å². The van der Waals surface area contributed by atoms with Crippen LogP contribution in [0, 0.1) is 10.1 Å². The standard InChI is InChI=1S/C16H18N4O5/c21-14(17-16(15(22)23)7-3-1-2-4-8-16)13-11-9-10(20(24)25)5-6-12(11)18-19-13/h5-6,9H,1-4,7-8H2,(H,17,21)(H,18,19)(H,22,23). The van der Waals surface area contributed by atoms with Crippen LogP contribution in [0.25, 0.3) is 10.9 Å². The molecule has 9 heteroatoms. The van der Waals surface area contributed by atoms with E-state index in [-0.39, 0.29) is 11.4 Å². The molecule has 1 aromatic heterocycles. The first kappa shape index (κ1) is 16.9. The van der Waals surface area contributed by atoms with Crippen LogP contribution >= 0.6 is 0 Å². The van der Waals surface area contributed by atoms with Crippen molar-refractivity contribution in [1.82, 2.24) is 15.5 Å². The summed E-state index contributed by atoms with van der Waals surface area (Å²) in [5.74, 6) is -1.70. The molecule has 1 amide bonds. The second-order valence-electron chi connectivity index (χ2n) is 6.31. The van der Waals surface area contributed by atoms with E-state index in [4.69, 9.17) is 0 Å². The monoisotopic (exact) mass is 346 g/mol. The van der Waals surface area contributed by atoms with Crippen LogP contribution in [0.3, 0.4) is 0 Å². The normalized spacial score (nSPS) is 17.0. The lowest BCUT2D eigenvalue weighted by Crippen LogP contribution is -2.54. The van der Waals surface area contributed by atoms with Crippen LogP contribution in [0.2, 0.25) is 0 Å². The maximum Gasteiger partial charge on any atom is 0.329 e. The molecule has 1 saturated carbocycles. The summed E-state index contributed by atoms with van der Waals surface area (Å²) in [6.45, 7) is 0. The van der Waals surface area contributed by atoms with Gasteiger partial charge in [0.2, 0.25) is 0 Å². The minimum Gasteiger partial charge on any atom is -0.480 e. The minimum atomic E-state index is -1.32. The predicted molar refractivity (Wildman–Crippen MR) is 88.3 cm³/mol. The van der Waals surface area contributed by atoms with E-state index in [1.54, 1.807) is 0 Å². The van der Waals surface area contributed by atoms with Crippen molar-refractivity contribution in [3.63, 3.8) is 0 Å². The quantitative estimate of drug-likeness (QED) is 0.441. The number of aliphatic carboxylic acids is 1. The number of hydrogen-bond donors (Lipinski definition) is 3. The van der Waals surface area contributed by atoms with E-state index in [9.17, 15) is 24.8 Å². The second-order valence-corrected chi connectivity index (χ2v) is 6.31. The van der Waals surface area contributed by atoms with Crippen LogP contribution in [-0.2, 0) is 4.79 Å². The summed E-state index contributed by atoms with van der Waals surface area (Å²) < 4.78 is 0. The largest absolute Gasteiger partial charge is 0.480 e. The molecule has 132 valence electrons. The fourth-order valence-electron chi connectivity index (χ4n) is 3.29. The van der Waals surface area contributed by atoms with Crippen LogP contribution in [0.15, 0.2) is 18.2 Å². The molecule has 1 aromatic carbocycles. The lowest BCUT2D eigenvalue weighted by Gasteiger charge is -2.28. The van der Waals surface area contributed by atoms with Gasteiger partial charge in [0.1, 0.15) is 5.54 Å². The Labute approximate surface area is 142 Å². The predicted octanol–water partition coefficient (Wildman–Crippen LogP) is 2.38. The number of H-pyrrole nitrogens is 1. The molecule has 3 N–H and O–H groups in total. The number of aromatic nitrogens is 2. The van der Waals surface area contributed by atoms with Gasteiger partial charge in [0.05, 0.1) is 10.4 Å². The van der Waals surface area contributed by atoms with Gasteiger partial charge in [-0.2, -0.15) is 5.10 Å². The number of non-ortho nitro benzene ring substituents is 1. The Morgan fingerprint density at radius 2 is 1.92 bits per heavy atom. The van der Waals surface area contributed by atoms with Crippen LogP contribution in [-0.4, -0.2) is 37.6 Å². The Morgan fingerprint density at radius 1 is 1.24 bits per heavy atom. The van der Waals surface area contributed by atoms with Gasteiger partial charge in [0.15, 0.2) is 5.69 Å². The highest BCUT2D eigenvalue weighted by atomic mass is 16.6. The van der Waals surface area contributed by atoms with Crippen molar-refractivity contribution in [2.24, 2.45) is 0 Å². The van der Waals surface area contributed by atoms with Gasteiger partial charge >= 0.3 is 5.97 Å². The molecule has 3 rings (SSSR count). The third kappa shape index (κ3) is 3.17. The Balaban J connectivity index is 1.94. The van der Waals surface area contributed by atoms with Gasteiger partial charge < -0.3 is 10.4 Å². The summed E-state index contributed by atoms with van der Waals surface area (Å²) in [4.78, 5) is 34.9. The van der Waals surface area contributed by atoms with Crippen molar-refractivity contribution < 1.29 is 19.6 Å². The molecule has 0 spiro atoms. The Morgan fingerprint density at radius 3 is 2.52 bits per heavy atom. The number of rotatable bonds is 4. The first-order valence-corrected chi connectivity index (χ1v) is 8.11. The van der Waals surface area contributed by atoms with Crippen molar-refractivity contribution >= 4 is 28.5 Å². The van der Waals surface area contributed by atoms with Crippen LogP contribution in [0.5, 0.6) is 0 Å². The number of carboxylic acid groups (broad SMARTS) is 1. The van der Waals surface area contributed by atoms with E-state index in [1.165, 1.54) is 18.2 Å². The molecule has 1 aliphatic rings. The number of nitro groups is 1. The molecule has 0 atom stereocenters. The molecule has 0 aliphatic heterocycles. The SMILES string of the molecule is O=C(NC1(C(=O)O)CCCCCC1)c1n[nH]c2ccc([N+](=O)[O-])cc12. The molecule has 0 saturated heterocycles. The molecule has 0 unspecified atom stereocenters. The van der Waals surface area contributed by atoms with Crippen molar-refractivity contribution in [2.75, 3.05) is 0 Å². The molecule has 0 radical (unpaired) electrons. The number of benzene rings is 1. The highest BCUT2D eigenvalue weighted by Gasteiger charge is 2.40. The number of amides is 1. The first-order valence-electron chi connectivity index (χ1n) is 8.11. The number of hydrogen-bond acceptors (Lipinski definition) is 5. The number of fused-ring (bicyclic) bond motifs is 1. The Hall–Kier alpha value is -2.97. The summed E-state index contributed by atoms with van der Waals surface area (Å²) in [6.07, 6.45) is 4.02. The number of nitro benzene ring substituents is 1. The molecule has 2 aromatic rings. The Bertz CT molecular complexity index is 836. The highest BCUT2D eigenvalue weighted by Crippen LogP contribution is 2.29. The molecule has 0 bridgehead atoms. The number of nitrogens with zero attached hydrogens (tertiary/aromatic N) is 2. The number of carboxylic acids is 1. The van der Waals surface area contributed by atoms with Gasteiger partial charge in [-0.3, -0.25) is 20.0 Å². The molecule has 25 heavy (non-hydrogen) atoms. The van der Waals surface area contributed by atoms with E-state index in [1.807, 2.05) is 0 Å². The summed E-state index contributed by atoms with van der Waals surface area (Å²) in [5.41, 5.74) is -1.05. The summed E-state index contributed by atoms with van der Waals surface area (Å²) in [6, 6.07) is 4.04. The molecular weight excluding hydrogens is 328 g/mol. The highest BCUT2D eigenvalue weighted by molar-refractivity contribution is 6.06. The van der Waals surface area contributed by atoms with Crippen LogP contribution < -0.4 is 5.32 Å². The molecule has 1 fully saturated rings. The minimum absolute atomic E-state index is 0.0384. The smallest absolute Gasteiger partial charge is 0.329 e. The Kier molecular flexibility index (Phi) is 4.39. The average molecular weight is 346 g/mol. The number of carbonyl (C=O) groups is 2. The van der Waals surface area contributed by atoms with E-state index in [0.717, 1.165) is 25.7 Å². The fourth-order valence-corrected chi connectivity index (χ4v) is 3.29. The van der Waals surface area contributed by atoms with E-state index in [0.29, 0.717) is 23.7 Å². The zero-order chi connectivity index (χ0) is 18.0. The van der Waals surface area contributed by atoms with Crippen molar-refractivity contribution in [3.8, 4) is 0 Å². The van der Waals surface area contributed by atoms with Gasteiger partial charge in [-0.1, -0.05) is 25.7 Å². The second kappa shape index (κ2) is 6.50. The van der Waals surface area contributed by atoms with Crippen molar-refractivity contribution in [1.29, 1.82) is 0 Å². The number of aromatic amines is 1. The lowest BCUT2D eigenvalue weighted by molar-refractivity contribution is -0.384. The van der Waals surface area contributed by atoms with E-state index in [2.05, 4.69) is 15.5 Å². The number of carbonyl (C=O) groups excluding carboxylic acids is 1. The molecular formula is C16H18N4O5.